The number of aromatic hydroxyl groups is 1. The van der Waals surface area contributed by atoms with Crippen LogP contribution in [0.2, 0.25) is 5.02 Å². The summed E-state index contributed by atoms with van der Waals surface area (Å²) >= 11 is 5.83. The van der Waals surface area contributed by atoms with Gasteiger partial charge in [0.1, 0.15) is 17.4 Å². The number of halogens is 1. The normalized spacial score (nSPS) is 15.5. The summed E-state index contributed by atoms with van der Waals surface area (Å²) in [6.45, 7) is 0. The fraction of sp³-hybridized carbons (Fsp3) is 0.333. The van der Waals surface area contributed by atoms with Crippen LogP contribution in [-0.2, 0) is 4.79 Å². The predicted octanol–water partition coefficient (Wildman–Crippen LogP) is 2.92. The molecule has 0 bridgehead atoms. The fourth-order valence-corrected chi connectivity index (χ4v) is 2.43. The molecule has 1 saturated carbocycles. The molecule has 21 heavy (non-hydrogen) atoms. The number of phenolic OH excluding ortho intramolecular Hbond substituents is 1. The van der Waals surface area contributed by atoms with Gasteiger partial charge in [0, 0.05) is 17.3 Å². The first-order valence-electron chi connectivity index (χ1n) is 6.76. The van der Waals surface area contributed by atoms with E-state index in [1.807, 2.05) is 6.07 Å². The molecule has 2 rings (SSSR count). The summed E-state index contributed by atoms with van der Waals surface area (Å²) in [5, 5.41) is 24.7. The van der Waals surface area contributed by atoms with Crippen LogP contribution >= 0.6 is 11.6 Å². The van der Waals surface area contributed by atoms with Crippen molar-refractivity contribution in [3.63, 3.8) is 0 Å². The maximum Gasteiger partial charge on any atom is 0.263 e. The van der Waals surface area contributed by atoms with Gasteiger partial charge in [0.2, 0.25) is 0 Å². The maximum atomic E-state index is 12.0. The maximum absolute atomic E-state index is 12.0. The average molecular weight is 306 g/mol. The Morgan fingerprint density at radius 3 is 2.81 bits per heavy atom. The SMILES string of the molecule is N#C/C(=C/Nc1cc(Cl)ccc1O)C(=O)NC1CCCC1. The Morgan fingerprint density at radius 1 is 1.43 bits per heavy atom. The summed E-state index contributed by atoms with van der Waals surface area (Å²) in [7, 11) is 0. The van der Waals surface area contributed by atoms with Crippen molar-refractivity contribution in [3.05, 3.63) is 35.0 Å². The number of benzene rings is 1. The Morgan fingerprint density at radius 2 is 2.14 bits per heavy atom. The molecule has 0 aliphatic heterocycles. The van der Waals surface area contributed by atoms with Crippen molar-refractivity contribution in [1.82, 2.24) is 5.32 Å². The number of hydrogen-bond acceptors (Lipinski definition) is 4. The number of nitrogens with zero attached hydrogens (tertiary/aromatic N) is 1. The van der Waals surface area contributed by atoms with Crippen LogP contribution < -0.4 is 10.6 Å². The summed E-state index contributed by atoms with van der Waals surface area (Å²) in [4.78, 5) is 12.0. The van der Waals surface area contributed by atoms with E-state index in [2.05, 4.69) is 10.6 Å². The van der Waals surface area contributed by atoms with E-state index in [4.69, 9.17) is 16.9 Å². The molecule has 5 nitrogen and oxygen atoms in total. The highest BCUT2D eigenvalue weighted by molar-refractivity contribution is 6.30. The van der Waals surface area contributed by atoms with E-state index in [0.717, 1.165) is 25.7 Å². The van der Waals surface area contributed by atoms with E-state index in [1.165, 1.54) is 18.3 Å². The molecular weight excluding hydrogens is 290 g/mol. The lowest BCUT2D eigenvalue weighted by Gasteiger charge is -2.11. The van der Waals surface area contributed by atoms with Crippen LogP contribution in [0.1, 0.15) is 25.7 Å². The van der Waals surface area contributed by atoms with Gasteiger partial charge in [0.05, 0.1) is 5.69 Å². The quantitative estimate of drug-likeness (QED) is 0.453. The molecule has 110 valence electrons. The lowest BCUT2D eigenvalue weighted by Crippen LogP contribution is -2.33. The third-order valence-corrected chi connectivity index (χ3v) is 3.62. The molecule has 3 N–H and O–H groups in total. The molecule has 0 atom stereocenters. The molecule has 0 aromatic heterocycles. The minimum atomic E-state index is -0.404. The number of rotatable bonds is 4. The number of carbonyl (C=O) groups is 1. The number of amides is 1. The topological polar surface area (TPSA) is 85.2 Å². The zero-order valence-corrected chi connectivity index (χ0v) is 12.2. The van der Waals surface area contributed by atoms with Gasteiger partial charge < -0.3 is 15.7 Å². The second-order valence-electron chi connectivity index (χ2n) is 4.93. The van der Waals surface area contributed by atoms with Gasteiger partial charge in [-0.2, -0.15) is 5.26 Å². The van der Waals surface area contributed by atoms with Gasteiger partial charge in [-0.3, -0.25) is 4.79 Å². The highest BCUT2D eigenvalue weighted by Crippen LogP contribution is 2.26. The van der Waals surface area contributed by atoms with Crippen molar-refractivity contribution in [2.45, 2.75) is 31.7 Å². The molecular formula is C15H16ClN3O2. The molecule has 1 aromatic rings. The van der Waals surface area contributed by atoms with Crippen molar-refractivity contribution in [3.8, 4) is 11.8 Å². The van der Waals surface area contributed by atoms with Crippen LogP contribution in [-0.4, -0.2) is 17.1 Å². The van der Waals surface area contributed by atoms with E-state index in [1.54, 1.807) is 6.07 Å². The summed E-state index contributed by atoms with van der Waals surface area (Å²) in [5.41, 5.74) is 0.296. The van der Waals surface area contributed by atoms with Crippen molar-refractivity contribution in [2.75, 3.05) is 5.32 Å². The largest absolute Gasteiger partial charge is 0.506 e. The number of nitrogens with one attached hydrogen (secondary N) is 2. The minimum Gasteiger partial charge on any atom is -0.506 e. The Labute approximate surface area is 128 Å². The van der Waals surface area contributed by atoms with Crippen LogP contribution in [0.5, 0.6) is 5.75 Å². The number of anilines is 1. The van der Waals surface area contributed by atoms with E-state index in [0.29, 0.717) is 10.7 Å². The van der Waals surface area contributed by atoms with Gasteiger partial charge in [-0.15, -0.1) is 0 Å². The number of nitriles is 1. The monoisotopic (exact) mass is 305 g/mol. The van der Waals surface area contributed by atoms with Gasteiger partial charge in [0.25, 0.3) is 5.91 Å². The molecule has 1 aliphatic rings. The number of carbonyl (C=O) groups excluding carboxylic acids is 1. The molecule has 0 spiro atoms. The molecule has 0 heterocycles. The first-order chi connectivity index (χ1) is 10.1. The van der Waals surface area contributed by atoms with Crippen LogP contribution in [0.15, 0.2) is 30.0 Å². The van der Waals surface area contributed by atoms with Gasteiger partial charge in [-0.25, -0.2) is 0 Å². The molecule has 0 saturated heterocycles. The molecule has 1 aromatic carbocycles. The van der Waals surface area contributed by atoms with Crippen LogP contribution in [0.4, 0.5) is 5.69 Å². The van der Waals surface area contributed by atoms with Crippen LogP contribution in [0.3, 0.4) is 0 Å². The Hall–Kier alpha value is -2.19. The first-order valence-corrected chi connectivity index (χ1v) is 7.14. The molecule has 0 unspecified atom stereocenters. The summed E-state index contributed by atoms with van der Waals surface area (Å²) in [5.74, 6) is -0.414. The molecule has 1 fully saturated rings. The Balaban J connectivity index is 2.04. The van der Waals surface area contributed by atoms with Crippen LogP contribution in [0, 0.1) is 11.3 Å². The van der Waals surface area contributed by atoms with Crippen molar-refractivity contribution in [2.24, 2.45) is 0 Å². The average Bonchev–Trinajstić information content (AvgIpc) is 2.96. The fourth-order valence-electron chi connectivity index (χ4n) is 2.26. The number of hydrogen-bond donors (Lipinski definition) is 3. The predicted molar refractivity (Wildman–Crippen MR) is 80.8 cm³/mol. The molecule has 1 amide bonds. The summed E-state index contributed by atoms with van der Waals surface area (Å²) in [6, 6.07) is 6.49. The smallest absolute Gasteiger partial charge is 0.263 e. The first kappa shape index (κ1) is 15.2. The third kappa shape index (κ3) is 4.14. The van der Waals surface area contributed by atoms with Crippen molar-refractivity contribution < 1.29 is 9.90 Å². The second-order valence-corrected chi connectivity index (χ2v) is 5.37. The highest BCUT2D eigenvalue weighted by Gasteiger charge is 2.19. The zero-order chi connectivity index (χ0) is 15.2. The Bertz CT molecular complexity index is 601. The number of phenols is 1. The Kier molecular flexibility index (Phi) is 5.07. The second kappa shape index (κ2) is 7.00. The lowest BCUT2D eigenvalue weighted by molar-refractivity contribution is -0.117. The van der Waals surface area contributed by atoms with Crippen molar-refractivity contribution in [1.29, 1.82) is 5.26 Å². The van der Waals surface area contributed by atoms with E-state index >= 15 is 0 Å². The van der Waals surface area contributed by atoms with E-state index in [9.17, 15) is 9.90 Å². The molecule has 0 radical (unpaired) electrons. The highest BCUT2D eigenvalue weighted by atomic mass is 35.5. The van der Waals surface area contributed by atoms with Gasteiger partial charge >= 0.3 is 0 Å². The molecule has 1 aliphatic carbocycles. The molecule has 6 heteroatoms. The van der Waals surface area contributed by atoms with Crippen LogP contribution in [0.25, 0.3) is 0 Å². The van der Waals surface area contributed by atoms with Gasteiger partial charge in [-0.05, 0) is 31.0 Å². The zero-order valence-electron chi connectivity index (χ0n) is 11.4. The lowest BCUT2D eigenvalue weighted by atomic mass is 10.2. The van der Waals surface area contributed by atoms with Gasteiger partial charge in [-0.1, -0.05) is 24.4 Å². The van der Waals surface area contributed by atoms with Gasteiger partial charge in [0.15, 0.2) is 0 Å². The summed E-state index contributed by atoms with van der Waals surface area (Å²) in [6.07, 6.45) is 5.38. The van der Waals surface area contributed by atoms with E-state index in [-0.39, 0.29) is 17.4 Å². The van der Waals surface area contributed by atoms with E-state index < -0.39 is 5.91 Å². The van der Waals surface area contributed by atoms with Crippen molar-refractivity contribution >= 4 is 23.2 Å². The summed E-state index contributed by atoms with van der Waals surface area (Å²) < 4.78 is 0. The minimum absolute atomic E-state index is 0.0101. The standard InChI is InChI=1S/C15H16ClN3O2/c16-11-5-6-14(20)13(7-11)18-9-10(8-17)15(21)19-12-3-1-2-4-12/h5-7,9,12,18,20H,1-4H2,(H,19,21)/b10-9-. The third-order valence-electron chi connectivity index (χ3n) is 3.39.